The van der Waals surface area contributed by atoms with Crippen molar-refractivity contribution >= 4 is 12.0 Å². The van der Waals surface area contributed by atoms with E-state index >= 15 is 0 Å². The van der Waals surface area contributed by atoms with Gasteiger partial charge < -0.3 is 10.4 Å². The van der Waals surface area contributed by atoms with Crippen molar-refractivity contribution in [1.82, 2.24) is 5.32 Å². The van der Waals surface area contributed by atoms with Crippen molar-refractivity contribution in [1.29, 1.82) is 0 Å². The molecular weight excluding hydrogens is 202 g/mol. The third-order valence-corrected chi connectivity index (χ3v) is 2.40. The standard InChI is InChI=1S/C13H17NO2/c1-10-6-5-8-12(13(15)16)11(10)7-3-4-9-14-2/h3,5-8,14H,4,9H2,1-2H3,(H,15,16). The van der Waals surface area contributed by atoms with E-state index in [4.69, 9.17) is 5.11 Å². The average molecular weight is 219 g/mol. The number of hydrogen-bond donors (Lipinski definition) is 2. The Kier molecular flexibility index (Phi) is 4.73. The maximum Gasteiger partial charge on any atom is 0.336 e. The molecule has 0 bridgehead atoms. The molecule has 0 aliphatic carbocycles. The van der Waals surface area contributed by atoms with E-state index in [-0.39, 0.29) is 0 Å². The Balaban J connectivity index is 2.92. The van der Waals surface area contributed by atoms with Crippen molar-refractivity contribution in [2.24, 2.45) is 0 Å². The van der Waals surface area contributed by atoms with Crippen LogP contribution in [-0.2, 0) is 0 Å². The summed E-state index contributed by atoms with van der Waals surface area (Å²) in [4.78, 5) is 11.0. The van der Waals surface area contributed by atoms with Gasteiger partial charge in [0.25, 0.3) is 0 Å². The zero-order valence-corrected chi connectivity index (χ0v) is 9.66. The lowest BCUT2D eigenvalue weighted by molar-refractivity contribution is 0.0696. The first-order chi connectivity index (χ1) is 7.66. The molecule has 0 radical (unpaired) electrons. The molecule has 0 amide bonds. The van der Waals surface area contributed by atoms with Crippen LogP contribution in [0.5, 0.6) is 0 Å². The molecular formula is C13H17NO2. The summed E-state index contributed by atoms with van der Waals surface area (Å²) in [6.07, 6.45) is 4.77. The fourth-order valence-electron chi connectivity index (χ4n) is 1.52. The van der Waals surface area contributed by atoms with Crippen LogP contribution in [0.4, 0.5) is 0 Å². The Labute approximate surface area is 95.8 Å². The first-order valence-electron chi connectivity index (χ1n) is 5.31. The molecule has 0 heterocycles. The molecule has 16 heavy (non-hydrogen) atoms. The molecule has 0 saturated carbocycles. The molecule has 0 aliphatic heterocycles. The van der Waals surface area contributed by atoms with E-state index in [1.165, 1.54) is 0 Å². The van der Waals surface area contributed by atoms with E-state index in [0.29, 0.717) is 5.56 Å². The van der Waals surface area contributed by atoms with Crippen molar-refractivity contribution in [2.75, 3.05) is 13.6 Å². The summed E-state index contributed by atoms with van der Waals surface area (Å²) in [7, 11) is 1.89. The van der Waals surface area contributed by atoms with Gasteiger partial charge in [0.2, 0.25) is 0 Å². The Morgan fingerprint density at radius 1 is 1.50 bits per heavy atom. The maximum atomic E-state index is 11.0. The maximum absolute atomic E-state index is 11.0. The van der Waals surface area contributed by atoms with Crippen LogP contribution in [-0.4, -0.2) is 24.7 Å². The fourth-order valence-corrected chi connectivity index (χ4v) is 1.52. The zero-order valence-electron chi connectivity index (χ0n) is 9.66. The first kappa shape index (κ1) is 12.5. The van der Waals surface area contributed by atoms with Gasteiger partial charge in [0.05, 0.1) is 5.56 Å². The molecule has 2 N–H and O–H groups in total. The van der Waals surface area contributed by atoms with Crippen LogP contribution in [0.25, 0.3) is 6.08 Å². The molecule has 0 aromatic heterocycles. The zero-order chi connectivity index (χ0) is 12.0. The minimum atomic E-state index is -0.878. The summed E-state index contributed by atoms with van der Waals surface area (Å²) < 4.78 is 0. The number of benzene rings is 1. The molecule has 0 fully saturated rings. The number of nitrogens with one attached hydrogen (secondary N) is 1. The highest BCUT2D eigenvalue weighted by molar-refractivity contribution is 5.92. The Hall–Kier alpha value is -1.61. The smallest absolute Gasteiger partial charge is 0.336 e. The minimum Gasteiger partial charge on any atom is -0.478 e. The van der Waals surface area contributed by atoms with Gasteiger partial charge in [-0.1, -0.05) is 24.3 Å². The summed E-state index contributed by atoms with van der Waals surface area (Å²) in [6, 6.07) is 5.32. The number of carbonyl (C=O) groups is 1. The molecule has 0 unspecified atom stereocenters. The number of carboxylic acids is 1. The Bertz CT molecular complexity index is 397. The number of aryl methyl sites for hydroxylation is 1. The number of carboxylic acid groups (broad SMARTS) is 1. The quantitative estimate of drug-likeness (QED) is 0.747. The molecule has 0 aliphatic rings. The van der Waals surface area contributed by atoms with Gasteiger partial charge in [-0.3, -0.25) is 0 Å². The molecule has 3 nitrogen and oxygen atoms in total. The third kappa shape index (κ3) is 3.21. The third-order valence-electron chi connectivity index (χ3n) is 2.40. The molecule has 0 saturated heterocycles. The van der Waals surface area contributed by atoms with E-state index < -0.39 is 5.97 Å². The van der Waals surface area contributed by atoms with Gasteiger partial charge in [0.1, 0.15) is 0 Å². The fraction of sp³-hybridized carbons (Fsp3) is 0.308. The van der Waals surface area contributed by atoms with Gasteiger partial charge in [0, 0.05) is 0 Å². The van der Waals surface area contributed by atoms with Gasteiger partial charge in [0.15, 0.2) is 0 Å². The van der Waals surface area contributed by atoms with Gasteiger partial charge >= 0.3 is 5.97 Å². The molecule has 0 spiro atoms. The van der Waals surface area contributed by atoms with Crippen LogP contribution >= 0.6 is 0 Å². The van der Waals surface area contributed by atoms with Crippen molar-refractivity contribution in [2.45, 2.75) is 13.3 Å². The summed E-state index contributed by atoms with van der Waals surface area (Å²) in [5, 5.41) is 12.1. The molecule has 1 aromatic carbocycles. The molecule has 0 atom stereocenters. The van der Waals surface area contributed by atoms with E-state index in [1.807, 2.05) is 32.2 Å². The van der Waals surface area contributed by atoms with Crippen molar-refractivity contribution in [3.63, 3.8) is 0 Å². The van der Waals surface area contributed by atoms with E-state index in [9.17, 15) is 4.79 Å². The highest BCUT2D eigenvalue weighted by Crippen LogP contribution is 2.16. The average Bonchev–Trinajstić information content (AvgIpc) is 2.25. The van der Waals surface area contributed by atoms with Gasteiger partial charge in [-0.25, -0.2) is 4.79 Å². The second-order valence-electron chi connectivity index (χ2n) is 3.64. The number of hydrogen-bond acceptors (Lipinski definition) is 2. The van der Waals surface area contributed by atoms with Crippen LogP contribution < -0.4 is 5.32 Å². The Morgan fingerprint density at radius 3 is 2.88 bits per heavy atom. The number of aromatic carboxylic acids is 1. The highest BCUT2D eigenvalue weighted by Gasteiger charge is 2.08. The molecule has 1 aromatic rings. The first-order valence-corrected chi connectivity index (χ1v) is 5.31. The topological polar surface area (TPSA) is 49.3 Å². The summed E-state index contributed by atoms with van der Waals surface area (Å²) in [5.41, 5.74) is 2.15. The molecule has 1 rings (SSSR count). The van der Waals surface area contributed by atoms with Gasteiger partial charge in [-0.05, 0) is 44.1 Å². The van der Waals surface area contributed by atoms with Crippen LogP contribution in [0.3, 0.4) is 0 Å². The largest absolute Gasteiger partial charge is 0.478 e. The van der Waals surface area contributed by atoms with Crippen LogP contribution in [0.15, 0.2) is 24.3 Å². The summed E-state index contributed by atoms with van der Waals surface area (Å²) >= 11 is 0. The van der Waals surface area contributed by atoms with Crippen molar-refractivity contribution < 1.29 is 9.90 Å². The predicted octanol–water partition coefficient (Wildman–Crippen LogP) is 2.32. The van der Waals surface area contributed by atoms with Gasteiger partial charge in [-0.15, -0.1) is 0 Å². The monoisotopic (exact) mass is 219 g/mol. The lowest BCUT2D eigenvalue weighted by atomic mass is 10.0. The second-order valence-corrected chi connectivity index (χ2v) is 3.64. The van der Waals surface area contributed by atoms with Gasteiger partial charge in [-0.2, -0.15) is 0 Å². The second kappa shape index (κ2) is 6.08. The van der Waals surface area contributed by atoms with E-state index in [1.54, 1.807) is 12.1 Å². The lowest BCUT2D eigenvalue weighted by Crippen LogP contribution is -2.06. The van der Waals surface area contributed by atoms with Crippen molar-refractivity contribution in [3.05, 3.63) is 41.0 Å². The van der Waals surface area contributed by atoms with Crippen LogP contribution in [0.1, 0.15) is 27.9 Å². The van der Waals surface area contributed by atoms with Crippen molar-refractivity contribution in [3.8, 4) is 0 Å². The number of rotatable bonds is 5. The minimum absolute atomic E-state index is 0.362. The highest BCUT2D eigenvalue weighted by atomic mass is 16.4. The van der Waals surface area contributed by atoms with Crippen LogP contribution in [0.2, 0.25) is 0 Å². The summed E-state index contributed by atoms with van der Waals surface area (Å²) in [6.45, 7) is 2.81. The van der Waals surface area contributed by atoms with E-state index in [2.05, 4.69) is 5.32 Å². The molecule has 86 valence electrons. The van der Waals surface area contributed by atoms with E-state index in [0.717, 1.165) is 24.1 Å². The lowest BCUT2D eigenvalue weighted by Gasteiger charge is -2.04. The predicted molar refractivity (Wildman–Crippen MR) is 65.7 cm³/mol. The normalized spacial score (nSPS) is 10.9. The SMILES string of the molecule is CNCCC=Cc1c(C)cccc1C(=O)O. The Morgan fingerprint density at radius 2 is 2.25 bits per heavy atom. The molecule has 3 heteroatoms. The van der Waals surface area contributed by atoms with Crippen LogP contribution in [0, 0.1) is 6.92 Å². The summed E-state index contributed by atoms with van der Waals surface area (Å²) in [5.74, 6) is -0.878.